The van der Waals surface area contributed by atoms with Crippen LogP contribution in [-0.4, -0.2) is 7.11 Å². The van der Waals surface area contributed by atoms with Gasteiger partial charge in [-0.15, -0.1) is 0 Å². The lowest BCUT2D eigenvalue weighted by atomic mass is 9.82. The summed E-state index contributed by atoms with van der Waals surface area (Å²) in [4.78, 5) is 0. The van der Waals surface area contributed by atoms with Gasteiger partial charge in [0.25, 0.3) is 0 Å². The fraction of sp³-hybridized carbons (Fsp3) is 0.294. The molecule has 0 saturated heterocycles. The molecule has 1 saturated carbocycles. The molecule has 3 rings (SSSR count). The van der Waals surface area contributed by atoms with Crippen LogP contribution < -0.4 is 4.74 Å². The third-order valence-electron chi connectivity index (χ3n) is 3.87. The number of rotatable bonds is 4. The van der Waals surface area contributed by atoms with Crippen molar-refractivity contribution in [1.82, 2.24) is 0 Å². The van der Waals surface area contributed by atoms with Gasteiger partial charge in [-0.1, -0.05) is 42.5 Å². The van der Waals surface area contributed by atoms with Gasteiger partial charge >= 0.3 is 0 Å². The van der Waals surface area contributed by atoms with Crippen LogP contribution in [0.15, 0.2) is 54.6 Å². The predicted octanol–water partition coefficient (Wildman–Crippen LogP) is 3.78. The largest absolute Gasteiger partial charge is 0.497 e. The fourth-order valence-corrected chi connectivity index (χ4v) is 2.65. The lowest BCUT2D eigenvalue weighted by Gasteiger charge is -2.27. The number of ether oxygens (including phenoxy) is 1. The maximum absolute atomic E-state index is 13.4. The van der Waals surface area contributed by atoms with E-state index in [4.69, 9.17) is 4.74 Å². The molecule has 2 nitrogen and oxygen atoms in total. The second kappa shape index (κ2) is 4.71. The van der Waals surface area contributed by atoms with Crippen LogP contribution in [-0.2, 0) is 10.7 Å². The molecule has 0 amide bonds. The zero-order valence-corrected chi connectivity index (χ0v) is 11.0. The molecule has 1 radical (unpaired) electrons. The molecule has 19 heavy (non-hydrogen) atoms. The summed E-state index contributed by atoms with van der Waals surface area (Å²) in [6.07, 6.45) is 2.04. The Labute approximate surface area is 113 Å². The van der Waals surface area contributed by atoms with Gasteiger partial charge in [-0.3, -0.25) is 0 Å². The molecule has 1 unspecified atom stereocenters. The summed E-state index contributed by atoms with van der Waals surface area (Å²) in [5, 5.41) is 13.4. The molecule has 0 aromatic heterocycles. The molecule has 1 aliphatic rings. The van der Waals surface area contributed by atoms with Gasteiger partial charge in [-0.05, 0) is 42.0 Å². The van der Waals surface area contributed by atoms with Crippen LogP contribution in [0.3, 0.4) is 0 Å². The van der Waals surface area contributed by atoms with Gasteiger partial charge in [0.05, 0.1) is 7.11 Å². The molecule has 2 aromatic rings. The normalized spacial score (nSPS) is 17.8. The molecule has 2 heteroatoms. The first-order chi connectivity index (χ1) is 9.25. The van der Waals surface area contributed by atoms with Gasteiger partial charge in [-0.2, -0.15) is 0 Å². The van der Waals surface area contributed by atoms with Gasteiger partial charge in [-0.25, -0.2) is 5.11 Å². The summed E-state index contributed by atoms with van der Waals surface area (Å²) in [5.41, 5.74) is 0.581. The summed E-state index contributed by atoms with van der Waals surface area (Å²) in [6.45, 7) is 0. The van der Waals surface area contributed by atoms with E-state index in [0.717, 1.165) is 29.7 Å². The summed E-state index contributed by atoms with van der Waals surface area (Å²) >= 11 is 0. The summed E-state index contributed by atoms with van der Waals surface area (Å²) in [6, 6.07) is 17.2. The minimum atomic E-state index is -1.12. The minimum absolute atomic E-state index is 0.211. The number of benzene rings is 2. The van der Waals surface area contributed by atoms with Crippen LogP contribution in [0.25, 0.3) is 0 Å². The highest BCUT2D eigenvalue weighted by atomic mass is 16.5. The van der Waals surface area contributed by atoms with Crippen molar-refractivity contribution < 1.29 is 9.84 Å². The molecule has 0 aliphatic heterocycles. The molecule has 0 N–H and O–H groups in total. The highest BCUT2D eigenvalue weighted by Gasteiger charge is 2.48. The van der Waals surface area contributed by atoms with Gasteiger partial charge in [0.15, 0.2) is 5.60 Å². The van der Waals surface area contributed by atoms with Crippen molar-refractivity contribution in [2.24, 2.45) is 5.92 Å². The number of hydrogen-bond acceptors (Lipinski definition) is 1. The predicted molar refractivity (Wildman–Crippen MR) is 73.6 cm³/mol. The molecule has 0 heterocycles. The van der Waals surface area contributed by atoms with E-state index < -0.39 is 5.60 Å². The van der Waals surface area contributed by atoms with E-state index in [1.165, 1.54) is 0 Å². The molecule has 0 bridgehead atoms. The third-order valence-corrected chi connectivity index (χ3v) is 3.87. The van der Waals surface area contributed by atoms with Crippen LogP contribution in [0.5, 0.6) is 5.75 Å². The van der Waals surface area contributed by atoms with Crippen molar-refractivity contribution in [2.75, 3.05) is 7.11 Å². The fourth-order valence-electron chi connectivity index (χ4n) is 2.65. The highest BCUT2D eigenvalue weighted by Crippen LogP contribution is 2.50. The topological polar surface area (TPSA) is 29.1 Å². The molecule has 1 aliphatic carbocycles. The van der Waals surface area contributed by atoms with Crippen LogP contribution in [0.2, 0.25) is 0 Å². The maximum Gasteiger partial charge on any atom is 0.156 e. The molecular weight excluding hydrogens is 236 g/mol. The molecule has 1 fully saturated rings. The van der Waals surface area contributed by atoms with E-state index in [9.17, 15) is 5.11 Å². The van der Waals surface area contributed by atoms with Crippen LogP contribution >= 0.6 is 0 Å². The minimum Gasteiger partial charge on any atom is -0.497 e. The standard InChI is InChI=1S/C17H17O2/c1-19-16-11-9-15(10-12-16)17(18,14-7-8-14)13-5-3-2-4-6-13/h2-6,9-12,14H,7-8H2,1H3. The SMILES string of the molecule is COc1ccc(C([O])(c2ccccc2)C2CC2)cc1. The molecule has 97 valence electrons. The van der Waals surface area contributed by atoms with Crippen molar-refractivity contribution in [3.63, 3.8) is 0 Å². The lowest BCUT2D eigenvalue weighted by Crippen LogP contribution is -2.28. The third kappa shape index (κ3) is 2.13. The van der Waals surface area contributed by atoms with Crippen LogP contribution in [0.1, 0.15) is 24.0 Å². The van der Waals surface area contributed by atoms with E-state index in [1.54, 1.807) is 7.11 Å². The molecule has 0 spiro atoms. The van der Waals surface area contributed by atoms with E-state index >= 15 is 0 Å². The summed E-state index contributed by atoms with van der Waals surface area (Å²) in [5.74, 6) is 0.998. The Morgan fingerprint density at radius 1 is 0.947 bits per heavy atom. The Bertz CT molecular complexity index is 543. The molecule has 1 atom stereocenters. The molecular formula is C17H17O2. The zero-order chi connectivity index (χ0) is 13.3. The van der Waals surface area contributed by atoms with E-state index in [0.29, 0.717) is 0 Å². The van der Waals surface area contributed by atoms with Gasteiger partial charge < -0.3 is 4.74 Å². The Morgan fingerprint density at radius 2 is 1.53 bits per heavy atom. The Balaban J connectivity index is 2.05. The van der Waals surface area contributed by atoms with E-state index in [1.807, 2.05) is 54.6 Å². The first-order valence-electron chi connectivity index (χ1n) is 6.65. The van der Waals surface area contributed by atoms with Gasteiger partial charge in [0, 0.05) is 0 Å². The van der Waals surface area contributed by atoms with Crippen molar-refractivity contribution in [3.8, 4) is 5.75 Å². The Hall–Kier alpha value is -1.80. The second-order valence-corrected chi connectivity index (χ2v) is 5.10. The van der Waals surface area contributed by atoms with Crippen molar-refractivity contribution >= 4 is 0 Å². The zero-order valence-electron chi connectivity index (χ0n) is 11.0. The average Bonchev–Trinajstić information content (AvgIpc) is 3.32. The van der Waals surface area contributed by atoms with Crippen molar-refractivity contribution in [1.29, 1.82) is 0 Å². The monoisotopic (exact) mass is 253 g/mol. The van der Waals surface area contributed by atoms with Crippen LogP contribution in [0.4, 0.5) is 0 Å². The maximum atomic E-state index is 13.4. The van der Waals surface area contributed by atoms with Gasteiger partial charge in [0.1, 0.15) is 5.75 Å². The van der Waals surface area contributed by atoms with Crippen molar-refractivity contribution in [2.45, 2.75) is 18.4 Å². The van der Waals surface area contributed by atoms with Gasteiger partial charge in [0.2, 0.25) is 0 Å². The molecule has 2 aromatic carbocycles. The summed E-state index contributed by atoms with van der Waals surface area (Å²) in [7, 11) is 1.64. The lowest BCUT2D eigenvalue weighted by molar-refractivity contribution is -0.0174. The first-order valence-corrected chi connectivity index (χ1v) is 6.65. The highest BCUT2D eigenvalue weighted by molar-refractivity contribution is 5.40. The quantitative estimate of drug-likeness (QED) is 0.815. The Kier molecular flexibility index (Phi) is 3.03. The number of hydrogen-bond donors (Lipinski definition) is 0. The van der Waals surface area contributed by atoms with E-state index in [2.05, 4.69) is 0 Å². The van der Waals surface area contributed by atoms with Crippen LogP contribution in [0, 0.1) is 5.92 Å². The Morgan fingerprint density at radius 3 is 2.05 bits per heavy atom. The first kappa shape index (κ1) is 12.2. The second-order valence-electron chi connectivity index (χ2n) is 5.10. The number of methoxy groups -OCH3 is 1. The van der Waals surface area contributed by atoms with Crippen molar-refractivity contribution in [3.05, 3.63) is 65.7 Å². The smallest absolute Gasteiger partial charge is 0.156 e. The summed E-state index contributed by atoms with van der Waals surface area (Å²) < 4.78 is 5.16. The average molecular weight is 253 g/mol. The van der Waals surface area contributed by atoms with E-state index in [-0.39, 0.29) is 5.92 Å².